The Morgan fingerprint density at radius 1 is 1.26 bits per heavy atom. The number of hydrogen-bond donors (Lipinski definition) is 1. The Morgan fingerprint density at radius 3 is 2.89 bits per heavy atom. The van der Waals surface area contributed by atoms with Crippen LogP contribution in [0.2, 0.25) is 0 Å². The Labute approximate surface area is 109 Å². The van der Waals surface area contributed by atoms with E-state index in [1.54, 1.807) is 6.07 Å². The van der Waals surface area contributed by atoms with E-state index in [4.69, 9.17) is 4.74 Å². The molecular formula is C14H12N2O3. The maximum absolute atomic E-state index is 11.3. The molecular weight excluding hydrogens is 244 g/mol. The van der Waals surface area contributed by atoms with Crippen molar-refractivity contribution in [3.63, 3.8) is 0 Å². The van der Waals surface area contributed by atoms with Gasteiger partial charge < -0.3 is 9.84 Å². The van der Waals surface area contributed by atoms with Gasteiger partial charge in [-0.05, 0) is 16.8 Å². The smallest absolute Gasteiger partial charge is 0.430 e. The molecule has 2 aromatic rings. The molecule has 5 heteroatoms. The van der Waals surface area contributed by atoms with E-state index in [9.17, 15) is 9.90 Å². The quantitative estimate of drug-likeness (QED) is 0.839. The van der Waals surface area contributed by atoms with Gasteiger partial charge in [-0.3, -0.25) is 0 Å². The summed E-state index contributed by atoms with van der Waals surface area (Å²) in [6.45, 7) is 0.776. The summed E-state index contributed by atoms with van der Waals surface area (Å²) < 4.78 is 4.78. The van der Waals surface area contributed by atoms with Crippen molar-refractivity contribution in [2.75, 3.05) is 13.2 Å². The van der Waals surface area contributed by atoms with Crippen LogP contribution < -0.4 is 0 Å². The normalized spacial score (nSPS) is 15.4. The number of aromatic hydroxyl groups is 1. The van der Waals surface area contributed by atoms with E-state index >= 15 is 0 Å². The molecule has 5 nitrogen and oxygen atoms in total. The molecule has 0 unspecified atom stereocenters. The molecule has 0 atom stereocenters. The zero-order valence-corrected chi connectivity index (χ0v) is 10.1. The van der Waals surface area contributed by atoms with Crippen molar-refractivity contribution < 1.29 is 14.6 Å². The highest BCUT2D eigenvalue weighted by molar-refractivity contribution is 6.02. The number of carbonyl (C=O) groups is 1. The molecule has 0 radical (unpaired) electrons. The summed E-state index contributed by atoms with van der Waals surface area (Å²) in [6.07, 6.45) is 1.03. The van der Waals surface area contributed by atoms with Crippen molar-refractivity contribution >= 4 is 23.1 Å². The first kappa shape index (κ1) is 11.5. The van der Waals surface area contributed by atoms with Crippen molar-refractivity contribution in [3.05, 3.63) is 42.0 Å². The van der Waals surface area contributed by atoms with Crippen molar-refractivity contribution in [2.45, 2.75) is 0 Å². The lowest BCUT2D eigenvalue weighted by molar-refractivity contribution is 0.159. The number of ether oxygens (including phenoxy) is 1. The summed E-state index contributed by atoms with van der Waals surface area (Å²) in [5.41, 5.74) is 0.595. The van der Waals surface area contributed by atoms with Gasteiger partial charge in [-0.2, -0.15) is 10.1 Å². The van der Waals surface area contributed by atoms with Crippen LogP contribution in [0.1, 0.15) is 5.56 Å². The van der Waals surface area contributed by atoms with E-state index in [1.165, 1.54) is 11.2 Å². The first-order valence-electron chi connectivity index (χ1n) is 5.95. The molecule has 19 heavy (non-hydrogen) atoms. The van der Waals surface area contributed by atoms with E-state index in [2.05, 4.69) is 5.10 Å². The van der Waals surface area contributed by atoms with Gasteiger partial charge in [0, 0.05) is 5.56 Å². The van der Waals surface area contributed by atoms with Gasteiger partial charge in [-0.1, -0.05) is 30.3 Å². The number of fused-ring (bicyclic) bond motifs is 1. The zero-order chi connectivity index (χ0) is 13.2. The fourth-order valence-corrected chi connectivity index (χ4v) is 2.04. The highest BCUT2D eigenvalue weighted by Gasteiger charge is 2.20. The monoisotopic (exact) mass is 256 g/mol. The van der Waals surface area contributed by atoms with Crippen LogP contribution in [-0.2, 0) is 4.74 Å². The highest BCUT2D eigenvalue weighted by Crippen LogP contribution is 2.25. The molecule has 2 aromatic carbocycles. The van der Waals surface area contributed by atoms with Crippen molar-refractivity contribution in [1.29, 1.82) is 0 Å². The lowest BCUT2D eigenvalue weighted by Gasteiger charge is -2.07. The van der Waals surface area contributed by atoms with Gasteiger partial charge in [0.2, 0.25) is 0 Å². The maximum Gasteiger partial charge on any atom is 0.430 e. The molecule has 0 spiro atoms. The lowest BCUT2D eigenvalue weighted by Crippen LogP contribution is -2.17. The number of hydrazone groups is 1. The van der Waals surface area contributed by atoms with Gasteiger partial charge in [-0.15, -0.1) is 0 Å². The van der Waals surface area contributed by atoms with Gasteiger partial charge in [0.15, 0.2) is 0 Å². The molecule has 1 heterocycles. The third-order valence-electron chi connectivity index (χ3n) is 3.01. The third kappa shape index (κ3) is 2.10. The summed E-state index contributed by atoms with van der Waals surface area (Å²) in [4.78, 5) is 11.3. The second-order valence-corrected chi connectivity index (χ2v) is 4.20. The second-order valence-electron chi connectivity index (χ2n) is 4.20. The Kier molecular flexibility index (Phi) is 2.79. The molecule has 1 N–H and O–H groups in total. The Morgan fingerprint density at radius 2 is 2.11 bits per heavy atom. The molecule has 3 rings (SSSR count). The van der Waals surface area contributed by atoms with Crippen LogP contribution >= 0.6 is 0 Å². The molecule has 1 saturated heterocycles. The van der Waals surface area contributed by atoms with Gasteiger partial charge >= 0.3 is 6.09 Å². The van der Waals surface area contributed by atoms with E-state index < -0.39 is 6.09 Å². The number of amides is 1. The van der Waals surface area contributed by atoms with Crippen LogP contribution in [0.3, 0.4) is 0 Å². The van der Waals surface area contributed by atoms with Crippen LogP contribution in [0.15, 0.2) is 41.5 Å². The average Bonchev–Trinajstić information content (AvgIpc) is 2.83. The predicted molar refractivity (Wildman–Crippen MR) is 71.3 cm³/mol. The Bertz CT molecular complexity index is 667. The summed E-state index contributed by atoms with van der Waals surface area (Å²) in [5, 5.41) is 17.1. The summed E-state index contributed by atoms with van der Waals surface area (Å²) in [7, 11) is 0. The van der Waals surface area contributed by atoms with Crippen LogP contribution in [0.5, 0.6) is 5.75 Å². The number of benzene rings is 2. The number of cyclic esters (lactones) is 1. The first-order chi connectivity index (χ1) is 9.25. The highest BCUT2D eigenvalue weighted by atomic mass is 16.6. The molecule has 96 valence electrons. The lowest BCUT2D eigenvalue weighted by atomic mass is 10.0. The number of rotatable bonds is 2. The average molecular weight is 256 g/mol. The standard InChI is InChI=1S/C14H12N2O3/c17-13-6-5-10-3-1-2-4-11(10)12(13)9-15-16-7-8-19-14(16)18/h1-6,9,17H,7-8H2/b15-9-. The van der Waals surface area contributed by atoms with Gasteiger partial charge in [-0.25, -0.2) is 4.79 Å². The van der Waals surface area contributed by atoms with Crippen LogP contribution in [0.25, 0.3) is 10.8 Å². The fourth-order valence-electron chi connectivity index (χ4n) is 2.04. The molecule has 0 saturated carbocycles. The van der Waals surface area contributed by atoms with Crippen molar-refractivity contribution in [2.24, 2.45) is 5.10 Å². The molecule has 1 fully saturated rings. The first-order valence-corrected chi connectivity index (χ1v) is 5.95. The zero-order valence-electron chi connectivity index (χ0n) is 10.1. The largest absolute Gasteiger partial charge is 0.507 e. The molecule has 1 aliphatic rings. The topological polar surface area (TPSA) is 62.1 Å². The van der Waals surface area contributed by atoms with Crippen molar-refractivity contribution in [3.8, 4) is 5.75 Å². The number of phenols is 1. The SMILES string of the molecule is O=C1OCCN1/N=C\c1c(O)ccc2ccccc12. The molecule has 0 aromatic heterocycles. The summed E-state index contributed by atoms with van der Waals surface area (Å²) in [6, 6.07) is 11.1. The fraction of sp³-hybridized carbons (Fsp3) is 0.143. The minimum Gasteiger partial charge on any atom is -0.507 e. The van der Waals surface area contributed by atoms with Crippen molar-refractivity contribution in [1.82, 2.24) is 5.01 Å². The number of hydrogen-bond acceptors (Lipinski definition) is 4. The Balaban J connectivity index is 2.02. The molecule has 1 amide bonds. The second kappa shape index (κ2) is 4.61. The van der Waals surface area contributed by atoms with E-state index in [1.807, 2.05) is 30.3 Å². The summed E-state index contributed by atoms with van der Waals surface area (Å²) >= 11 is 0. The Hall–Kier alpha value is -2.56. The van der Waals surface area contributed by atoms with Crippen LogP contribution in [-0.4, -0.2) is 35.6 Å². The third-order valence-corrected chi connectivity index (χ3v) is 3.01. The minimum atomic E-state index is -0.462. The molecule has 0 bridgehead atoms. The number of phenolic OH excluding ortho intramolecular Hbond substituents is 1. The summed E-state index contributed by atoms with van der Waals surface area (Å²) in [5.74, 6) is 0.134. The molecule has 0 aliphatic carbocycles. The van der Waals surface area contributed by atoms with Crippen LogP contribution in [0, 0.1) is 0 Å². The van der Waals surface area contributed by atoms with Gasteiger partial charge in [0.25, 0.3) is 0 Å². The van der Waals surface area contributed by atoms with E-state index in [-0.39, 0.29) is 5.75 Å². The van der Waals surface area contributed by atoms with E-state index in [0.29, 0.717) is 18.7 Å². The predicted octanol–water partition coefficient (Wildman–Crippen LogP) is 2.33. The van der Waals surface area contributed by atoms with Gasteiger partial charge in [0.05, 0.1) is 12.8 Å². The minimum absolute atomic E-state index is 0.134. The maximum atomic E-state index is 11.3. The molecule has 1 aliphatic heterocycles. The van der Waals surface area contributed by atoms with Gasteiger partial charge in [0.1, 0.15) is 12.4 Å². The van der Waals surface area contributed by atoms with E-state index in [0.717, 1.165) is 10.8 Å². The number of carbonyl (C=O) groups excluding carboxylic acids is 1. The number of nitrogens with zero attached hydrogens (tertiary/aromatic N) is 2. The van der Waals surface area contributed by atoms with Crippen LogP contribution in [0.4, 0.5) is 4.79 Å².